The number of carboxylic acids is 1. The lowest BCUT2D eigenvalue weighted by Crippen LogP contribution is -2.21. The topological polar surface area (TPSA) is 77.2 Å². The van der Waals surface area contributed by atoms with Gasteiger partial charge in [0.15, 0.2) is 0 Å². The highest BCUT2D eigenvalue weighted by Gasteiger charge is 2.23. The fourth-order valence-electron chi connectivity index (χ4n) is 2.23. The van der Waals surface area contributed by atoms with Crippen LogP contribution < -0.4 is 4.74 Å². The third-order valence-corrected chi connectivity index (χ3v) is 3.02. The van der Waals surface area contributed by atoms with Gasteiger partial charge in [0.25, 0.3) is 0 Å². The van der Waals surface area contributed by atoms with Crippen molar-refractivity contribution >= 4 is 5.97 Å². The molecule has 1 atom stereocenters. The lowest BCUT2D eigenvalue weighted by atomic mass is 10.1. The van der Waals surface area contributed by atoms with E-state index in [9.17, 15) is 4.79 Å². The summed E-state index contributed by atoms with van der Waals surface area (Å²) >= 11 is 0. The summed E-state index contributed by atoms with van der Waals surface area (Å²) in [5.74, 6) is 0.00921. The summed E-state index contributed by atoms with van der Waals surface area (Å²) in [7, 11) is 0. The SMILES string of the molecule is O=C(O)Cc1cn(CC2Cc3ccccc3O2)nn1. The Morgan fingerprint density at radius 1 is 1.47 bits per heavy atom. The van der Waals surface area contributed by atoms with Crippen molar-refractivity contribution in [3.8, 4) is 5.75 Å². The second kappa shape index (κ2) is 4.72. The van der Waals surface area contributed by atoms with Crippen molar-refractivity contribution in [1.82, 2.24) is 15.0 Å². The van der Waals surface area contributed by atoms with Gasteiger partial charge in [-0.2, -0.15) is 0 Å². The summed E-state index contributed by atoms with van der Waals surface area (Å²) in [6.45, 7) is 0.571. The van der Waals surface area contributed by atoms with Gasteiger partial charge in [-0.15, -0.1) is 5.10 Å². The van der Waals surface area contributed by atoms with Crippen LogP contribution in [-0.2, 0) is 24.2 Å². The van der Waals surface area contributed by atoms with Gasteiger partial charge in [-0.3, -0.25) is 4.79 Å². The highest BCUT2D eigenvalue weighted by molar-refractivity contribution is 5.69. The fraction of sp³-hybridized carbons (Fsp3) is 0.308. The monoisotopic (exact) mass is 259 g/mol. The molecule has 0 fully saturated rings. The van der Waals surface area contributed by atoms with Gasteiger partial charge in [0.1, 0.15) is 11.9 Å². The first-order valence-electron chi connectivity index (χ1n) is 6.06. The first-order chi connectivity index (χ1) is 9.20. The Bertz CT molecular complexity index is 584. The van der Waals surface area contributed by atoms with Gasteiger partial charge in [0, 0.05) is 12.6 Å². The standard InChI is InChI=1S/C13H13N3O3/c17-13(18)6-10-7-16(15-14-10)8-11-5-9-3-1-2-4-12(9)19-11/h1-4,7,11H,5-6,8H2,(H,17,18). The first kappa shape index (κ1) is 11.7. The van der Waals surface area contributed by atoms with Crippen LogP contribution in [0.4, 0.5) is 0 Å². The Kier molecular flexibility index (Phi) is 2.91. The van der Waals surface area contributed by atoms with E-state index in [4.69, 9.17) is 9.84 Å². The first-order valence-corrected chi connectivity index (χ1v) is 6.06. The number of ether oxygens (including phenoxy) is 1. The second-order valence-electron chi connectivity index (χ2n) is 4.55. The quantitative estimate of drug-likeness (QED) is 0.883. The molecule has 6 nitrogen and oxygen atoms in total. The lowest BCUT2D eigenvalue weighted by Gasteiger charge is -2.09. The van der Waals surface area contributed by atoms with Crippen molar-refractivity contribution in [1.29, 1.82) is 0 Å². The number of carbonyl (C=O) groups is 1. The van der Waals surface area contributed by atoms with Crippen LogP contribution in [0, 0.1) is 0 Å². The zero-order valence-corrected chi connectivity index (χ0v) is 10.2. The van der Waals surface area contributed by atoms with Crippen LogP contribution in [-0.4, -0.2) is 32.2 Å². The Balaban J connectivity index is 1.64. The zero-order chi connectivity index (χ0) is 13.2. The number of aromatic nitrogens is 3. The van der Waals surface area contributed by atoms with E-state index in [1.54, 1.807) is 10.9 Å². The van der Waals surface area contributed by atoms with E-state index in [0.717, 1.165) is 12.2 Å². The Morgan fingerprint density at radius 2 is 2.32 bits per heavy atom. The van der Waals surface area contributed by atoms with Gasteiger partial charge in [-0.25, -0.2) is 4.68 Å². The van der Waals surface area contributed by atoms with Crippen molar-refractivity contribution in [3.05, 3.63) is 41.7 Å². The minimum atomic E-state index is -0.906. The maximum Gasteiger partial charge on any atom is 0.309 e. The molecule has 0 amide bonds. The number of carboxylic acid groups (broad SMARTS) is 1. The molecule has 19 heavy (non-hydrogen) atoms. The number of hydrogen-bond acceptors (Lipinski definition) is 4. The summed E-state index contributed by atoms with van der Waals surface area (Å²) in [6, 6.07) is 7.94. The van der Waals surface area contributed by atoms with E-state index in [2.05, 4.69) is 10.3 Å². The summed E-state index contributed by atoms with van der Waals surface area (Å²) in [5.41, 5.74) is 1.65. The molecule has 0 aliphatic carbocycles. The van der Waals surface area contributed by atoms with E-state index in [-0.39, 0.29) is 12.5 Å². The van der Waals surface area contributed by atoms with Crippen LogP contribution in [0.25, 0.3) is 0 Å². The summed E-state index contributed by atoms with van der Waals surface area (Å²) in [6.07, 6.45) is 2.41. The van der Waals surface area contributed by atoms with Crippen LogP contribution in [0.3, 0.4) is 0 Å². The maximum absolute atomic E-state index is 10.6. The van der Waals surface area contributed by atoms with E-state index in [1.807, 2.05) is 24.3 Å². The molecular weight excluding hydrogens is 246 g/mol. The molecule has 0 bridgehead atoms. The van der Waals surface area contributed by atoms with Gasteiger partial charge in [-0.1, -0.05) is 23.4 Å². The average Bonchev–Trinajstić information content (AvgIpc) is 2.94. The Labute approximate surface area is 109 Å². The van der Waals surface area contributed by atoms with Crippen LogP contribution >= 0.6 is 0 Å². The van der Waals surface area contributed by atoms with Gasteiger partial charge < -0.3 is 9.84 Å². The molecule has 98 valence electrons. The van der Waals surface area contributed by atoms with Crippen molar-refractivity contribution < 1.29 is 14.6 Å². The minimum Gasteiger partial charge on any atom is -0.488 e. The highest BCUT2D eigenvalue weighted by atomic mass is 16.5. The normalized spacial score (nSPS) is 16.9. The predicted octanol–water partition coefficient (Wildman–Crippen LogP) is 0.909. The van der Waals surface area contributed by atoms with Crippen LogP contribution in [0.5, 0.6) is 5.75 Å². The molecule has 0 radical (unpaired) electrons. The van der Waals surface area contributed by atoms with Crippen LogP contribution in [0.1, 0.15) is 11.3 Å². The molecular formula is C13H13N3O3. The summed E-state index contributed by atoms with van der Waals surface area (Å²) < 4.78 is 7.43. The van der Waals surface area contributed by atoms with Gasteiger partial charge >= 0.3 is 5.97 Å². The van der Waals surface area contributed by atoms with E-state index >= 15 is 0 Å². The molecule has 1 unspecified atom stereocenters. The van der Waals surface area contributed by atoms with E-state index in [0.29, 0.717) is 12.2 Å². The molecule has 3 rings (SSSR count). The molecule has 1 aliphatic rings. The zero-order valence-electron chi connectivity index (χ0n) is 10.2. The average molecular weight is 259 g/mol. The molecule has 1 aromatic carbocycles. The van der Waals surface area contributed by atoms with Gasteiger partial charge in [0.2, 0.25) is 0 Å². The summed E-state index contributed by atoms with van der Waals surface area (Å²) in [4.78, 5) is 10.6. The predicted molar refractivity (Wildman–Crippen MR) is 65.9 cm³/mol. The molecule has 1 aliphatic heterocycles. The number of para-hydroxylation sites is 1. The Morgan fingerprint density at radius 3 is 3.11 bits per heavy atom. The van der Waals surface area contributed by atoms with Crippen LogP contribution in [0.15, 0.2) is 30.5 Å². The third-order valence-electron chi connectivity index (χ3n) is 3.02. The number of nitrogens with zero attached hydrogens (tertiary/aromatic N) is 3. The molecule has 2 heterocycles. The van der Waals surface area contributed by atoms with Gasteiger partial charge in [0.05, 0.1) is 18.7 Å². The molecule has 1 aromatic heterocycles. The molecule has 2 aromatic rings. The smallest absolute Gasteiger partial charge is 0.309 e. The van der Waals surface area contributed by atoms with Crippen LogP contribution in [0.2, 0.25) is 0 Å². The largest absolute Gasteiger partial charge is 0.488 e. The molecule has 1 N–H and O–H groups in total. The van der Waals surface area contributed by atoms with Gasteiger partial charge in [-0.05, 0) is 11.6 Å². The minimum absolute atomic E-state index is 0.0248. The summed E-state index contributed by atoms with van der Waals surface area (Å²) in [5, 5.41) is 16.4. The van der Waals surface area contributed by atoms with E-state index in [1.165, 1.54) is 5.56 Å². The third kappa shape index (κ3) is 2.57. The molecule has 6 heteroatoms. The number of hydrogen-bond donors (Lipinski definition) is 1. The number of fused-ring (bicyclic) bond motifs is 1. The highest BCUT2D eigenvalue weighted by Crippen LogP contribution is 2.28. The van der Waals surface area contributed by atoms with Crippen molar-refractivity contribution in [2.75, 3.05) is 0 Å². The Hall–Kier alpha value is -2.37. The number of aliphatic carboxylic acids is 1. The molecule has 0 saturated carbocycles. The number of benzene rings is 1. The fourth-order valence-corrected chi connectivity index (χ4v) is 2.23. The molecule has 0 spiro atoms. The maximum atomic E-state index is 10.6. The van der Waals surface area contributed by atoms with Crippen molar-refractivity contribution in [2.24, 2.45) is 0 Å². The second-order valence-corrected chi connectivity index (χ2v) is 4.55. The van der Waals surface area contributed by atoms with E-state index < -0.39 is 5.97 Å². The lowest BCUT2D eigenvalue weighted by molar-refractivity contribution is -0.136. The number of rotatable bonds is 4. The van der Waals surface area contributed by atoms with Crippen molar-refractivity contribution in [3.63, 3.8) is 0 Å². The van der Waals surface area contributed by atoms with Crippen molar-refractivity contribution in [2.45, 2.75) is 25.5 Å². The molecule has 0 saturated heterocycles.